The van der Waals surface area contributed by atoms with Gasteiger partial charge >= 0.3 is 0 Å². The number of guanidine groups is 1. The number of nitrogens with zero attached hydrogens (tertiary/aromatic N) is 1. The Morgan fingerprint density at radius 3 is 2.71 bits per heavy atom. The highest BCUT2D eigenvalue weighted by molar-refractivity contribution is 5.93. The molecule has 0 fully saturated rings. The summed E-state index contributed by atoms with van der Waals surface area (Å²) in [4.78, 5) is 4.25. The second-order valence-electron chi connectivity index (χ2n) is 3.14. The van der Waals surface area contributed by atoms with E-state index in [4.69, 9.17) is 0 Å². The summed E-state index contributed by atoms with van der Waals surface area (Å²) in [7, 11) is 0. The zero-order valence-electron chi connectivity index (χ0n) is 7.76. The van der Waals surface area contributed by atoms with Crippen LogP contribution < -0.4 is 10.6 Å². The number of halogens is 1. The molecule has 0 bridgehead atoms. The Morgan fingerprint density at radius 2 is 2.07 bits per heavy atom. The van der Waals surface area contributed by atoms with Crippen LogP contribution in [0.25, 0.3) is 0 Å². The molecule has 0 amide bonds. The summed E-state index contributed by atoms with van der Waals surface area (Å²) in [5.74, 6) is 0.539. The maximum absolute atomic E-state index is 12.6. The van der Waals surface area contributed by atoms with Crippen LogP contribution in [0.5, 0.6) is 0 Å². The first-order valence-corrected chi connectivity index (χ1v) is 4.65. The van der Waals surface area contributed by atoms with Crippen molar-refractivity contribution in [2.75, 3.05) is 18.4 Å². The van der Waals surface area contributed by atoms with Crippen molar-refractivity contribution >= 4 is 11.6 Å². The zero-order chi connectivity index (χ0) is 9.80. The van der Waals surface area contributed by atoms with Crippen LogP contribution in [0.4, 0.5) is 10.1 Å². The molecule has 2 N–H and O–H groups in total. The summed E-state index contributed by atoms with van der Waals surface area (Å²) < 4.78 is 12.6. The molecule has 0 saturated carbocycles. The fourth-order valence-corrected chi connectivity index (χ4v) is 1.29. The average molecular weight is 193 g/mol. The van der Waals surface area contributed by atoms with Gasteiger partial charge in [0, 0.05) is 18.8 Å². The Bertz CT molecular complexity index is 332. The third-order valence-corrected chi connectivity index (χ3v) is 2.00. The topological polar surface area (TPSA) is 36.4 Å². The second-order valence-corrected chi connectivity index (χ2v) is 3.14. The second kappa shape index (κ2) is 4.09. The molecule has 4 heteroatoms. The molecule has 3 nitrogen and oxygen atoms in total. The fourth-order valence-electron chi connectivity index (χ4n) is 1.29. The molecule has 0 atom stereocenters. The summed E-state index contributed by atoms with van der Waals surface area (Å²) >= 11 is 0. The minimum atomic E-state index is -0.228. The van der Waals surface area contributed by atoms with E-state index in [-0.39, 0.29) is 5.82 Å². The first kappa shape index (κ1) is 8.99. The molecule has 0 radical (unpaired) electrons. The third-order valence-electron chi connectivity index (χ3n) is 2.00. The predicted octanol–water partition coefficient (Wildman–Crippen LogP) is 1.59. The molecule has 0 spiro atoms. The van der Waals surface area contributed by atoms with E-state index >= 15 is 0 Å². The minimum Gasteiger partial charge on any atom is -0.356 e. The minimum absolute atomic E-state index is 0.228. The lowest BCUT2D eigenvalue weighted by Gasteiger charge is -2.15. The first-order valence-electron chi connectivity index (χ1n) is 4.65. The summed E-state index contributed by atoms with van der Waals surface area (Å²) in [6, 6.07) is 6.22. The molecular formula is C10H12FN3. The Morgan fingerprint density at radius 1 is 1.29 bits per heavy atom. The molecule has 0 saturated heterocycles. The maximum atomic E-state index is 12.6. The molecule has 1 aliphatic rings. The van der Waals surface area contributed by atoms with Crippen molar-refractivity contribution in [2.45, 2.75) is 6.42 Å². The molecule has 2 rings (SSSR count). The van der Waals surface area contributed by atoms with E-state index in [0.717, 1.165) is 31.2 Å². The molecule has 1 aromatic rings. The van der Waals surface area contributed by atoms with Crippen LogP contribution in [0.3, 0.4) is 0 Å². The molecule has 1 aromatic carbocycles. The van der Waals surface area contributed by atoms with Crippen LogP contribution in [0.2, 0.25) is 0 Å². The summed E-state index contributed by atoms with van der Waals surface area (Å²) in [6.07, 6.45) is 1.06. The quantitative estimate of drug-likeness (QED) is 0.710. The number of aliphatic imine (C=N–C) groups is 1. The van der Waals surface area contributed by atoms with Crippen molar-refractivity contribution in [1.82, 2.24) is 5.32 Å². The van der Waals surface area contributed by atoms with Gasteiger partial charge in [-0.05, 0) is 30.7 Å². The number of benzene rings is 1. The maximum Gasteiger partial charge on any atom is 0.195 e. The Balaban J connectivity index is 2.03. The van der Waals surface area contributed by atoms with E-state index in [9.17, 15) is 4.39 Å². The molecule has 74 valence electrons. The molecule has 1 aliphatic heterocycles. The Hall–Kier alpha value is -1.58. The highest BCUT2D eigenvalue weighted by atomic mass is 19.1. The van der Waals surface area contributed by atoms with Crippen molar-refractivity contribution in [3.8, 4) is 0 Å². The lowest BCUT2D eigenvalue weighted by Crippen LogP contribution is -2.35. The van der Waals surface area contributed by atoms with Crippen molar-refractivity contribution in [1.29, 1.82) is 0 Å². The van der Waals surface area contributed by atoms with Crippen LogP contribution in [0, 0.1) is 5.82 Å². The van der Waals surface area contributed by atoms with Gasteiger partial charge in [-0.15, -0.1) is 0 Å². The standard InChI is InChI=1S/C10H12FN3/c11-8-2-4-9(5-3-8)14-10-12-6-1-7-13-10/h2-5H,1,6-7H2,(H2,12,13,14). The monoisotopic (exact) mass is 193 g/mol. The first-order chi connectivity index (χ1) is 6.84. The van der Waals surface area contributed by atoms with E-state index in [2.05, 4.69) is 15.6 Å². The van der Waals surface area contributed by atoms with Crippen molar-refractivity contribution in [3.63, 3.8) is 0 Å². The lowest BCUT2D eigenvalue weighted by atomic mass is 10.3. The SMILES string of the molecule is Fc1ccc(NC2=NCCCN2)cc1. The van der Waals surface area contributed by atoms with E-state index in [0.29, 0.717) is 0 Å². The van der Waals surface area contributed by atoms with Gasteiger partial charge in [-0.25, -0.2) is 4.39 Å². The summed E-state index contributed by atoms with van der Waals surface area (Å²) in [5.41, 5.74) is 0.847. The number of rotatable bonds is 1. The summed E-state index contributed by atoms with van der Waals surface area (Å²) in [6.45, 7) is 1.78. The number of nitrogens with one attached hydrogen (secondary N) is 2. The Kier molecular flexibility index (Phi) is 2.62. The summed E-state index contributed by atoms with van der Waals surface area (Å²) in [5, 5.41) is 6.21. The van der Waals surface area contributed by atoms with Crippen LogP contribution >= 0.6 is 0 Å². The number of anilines is 1. The fraction of sp³-hybridized carbons (Fsp3) is 0.300. The van der Waals surface area contributed by atoms with E-state index < -0.39 is 0 Å². The Labute approximate surface area is 82.0 Å². The van der Waals surface area contributed by atoms with Gasteiger partial charge < -0.3 is 10.6 Å². The van der Waals surface area contributed by atoms with E-state index in [1.165, 1.54) is 12.1 Å². The van der Waals surface area contributed by atoms with E-state index in [1.807, 2.05) is 0 Å². The normalized spacial score (nSPS) is 15.6. The average Bonchev–Trinajstić information content (AvgIpc) is 2.23. The molecule has 1 heterocycles. The molecule has 0 aromatic heterocycles. The van der Waals surface area contributed by atoms with Gasteiger partial charge in [0.1, 0.15) is 5.82 Å². The van der Waals surface area contributed by atoms with Crippen LogP contribution in [-0.4, -0.2) is 19.0 Å². The third kappa shape index (κ3) is 2.22. The highest BCUT2D eigenvalue weighted by Gasteiger charge is 2.03. The van der Waals surface area contributed by atoms with Crippen molar-refractivity contribution in [3.05, 3.63) is 30.1 Å². The molecular weight excluding hydrogens is 181 g/mol. The predicted molar refractivity (Wildman–Crippen MR) is 54.9 cm³/mol. The largest absolute Gasteiger partial charge is 0.356 e. The smallest absolute Gasteiger partial charge is 0.195 e. The van der Waals surface area contributed by atoms with Gasteiger partial charge in [-0.1, -0.05) is 0 Å². The van der Waals surface area contributed by atoms with Gasteiger partial charge in [-0.3, -0.25) is 4.99 Å². The highest BCUT2D eigenvalue weighted by Crippen LogP contribution is 2.08. The molecule has 14 heavy (non-hydrogen) atoms. The van der Waals surface area contributed by atoms with Gasteiger partial charge in [0.2, 0.25) is 0 Å². The van der Waals surface area contributed by atoms with Gasteiger partial charge in [-0.2, -0.15) is 0 Å². The van der Waals surface area contributed by atoms with Crippen LogP contribution in [0.15, 0.2) is 29.3 Å². The van der Waals surface area contributed by atoms with Gasteiger partial charge in [0.15, 0.2) is 5.96 Å². The van der Waals surface area contributed by atoms with Crippen LogP contribution in [0.1, 0.15) is 6.42 Å². The lowest BCUT2D eigenvalue weighted by molar-refractivity contribution is 0.628. The van der Waals surface area contributed by atoms with Gasteiger partial charge in [0.05, 0.1) is 0 Å². The molecule has 0 unspecified atom stereocenters. The zero-order valence-corrected chi connectivity index (χ0v) is 7.76. The van der Waals surface area contributed by atoms with E-state index in [1.54, 1.807) is 12.1 Å². The molecule has 0 aliphatic carbocycles. The number of hydrogen-bond acceptors (Lipinski definition) is 3. The van der Waals surface area contributed by atoms with Crippen LogP contribution in [-0.2, 0) is 0 Å². The number of hydrogen-bond donors (Lipinski definition) is 2. The van der Waals surface area contributed by atoms with Crippen molar-refractivity contribution in [2.24, 2.45) is 4.99 Å². The van der Waals surface area contributed by atoms with Crippen molar-refractivity contribution < 1.29 is 4.39 Å². The van der Waals surface area contributed by atoms with Gasteiger partial charge in [0.25, 0.3) is 0 Å².